The Balaban J connectivity index is 2.22. The summed E-state index contributed by atoms with van der Waals surface area (Å²) in [6.07, 6.45) is 2.07. The van der Waals surface area contributed by atoms with E-state index in [0.29, 0.717) is 0 Å². The number of amides is 1. The first kappa shape index (κ1) is 19.2. The lowest BCUT2D eigenvalue weighted by atomic mass is 10.2. The first-order chi connectivity index (χ1) is 11.9. The van der Waals surface area contributed by atoms with Crippen molar-refractivity contribution in [2.24, 2.45) is 10.2 Å². The topological polar surface area (TPSA) is 89.3 Å². The van der Waals surface area contributed by atoms with Gasteiger partial charge in [0.1, 0.15) is 0 Å². The van der Waals surface area contributed by atoms with Gasteiger partial charge in [0.25, 0.3) is 5.91 Å². The molecule has 1 N–H and O–H groups in total. The molecule has 0 radical (unpaired) electrons. The summed E-state index contributed by atoms with van der Waals surface area (Å²) < 4.78 is 23.5. The second kappa shape index (κ2) is 8.32. The number of amidine groups is 1. The SMILES string of the molecule is COC(=O)/C=C1/S/C(=N\N=Cc2c(Cl)cc(Cl)c(OC)c2F)NC1=O. The maximum atomic E-state index is 14.2. The molecule has 7 nitrogen and oxygen atoms in total. The highest BCUT2D eigenvalue weighted by Crippen LogP contribution is 2.34. The number of carbonyl (C=O) groups excluding carboxylic acids is 2. The molecule has 1 aliphatic rings. The summed E-state index contributed by atoms with van der Waals surface area (Å²) in [5.74, 6) is -2.17. The van der Waals surface area contributed by atoms with Crippen LogP contribution in [0, 0.1) is 5.82 Å². The number of rotatable bonds is 4. The van der Waals surface area contributed by atoms with Crippen molar-refractivity contribution in [3.8, 4) is 5.75 Å². The van der Waals surface area contributed by atoms with E-state index >= 15 is 0 Å². The third-order valence-corrected chi connectivity index (χ3v) is 4.30. The molecule has 0 aliphatic carbocycles. The van der Waals surface area contributed by atoms with Crippen LogP contribution in [-0.2, 0) is 14.3 Å². The molecule has 132 valence electrons. The number of esters is 1. The zero-order valence-electron chi connectivity index (χ0n) is 12.8. The number of nitrogens with zero attached hydrogens (tertiary/aromatic N) is 2. The van der Waals surface area contributed by atoms with Gasteiger partial charge < -0.3 is 9.47 Å². The summed E-state index contributed by atoms with van der Waals surface area (Å²) >= 11 is 12.6. The van der Waals surface area contributed by atoms with Crippen LogP contribution in [0.15, 0.2) is 27.3 Å². The molecule has 0 bridgehead atoms. The van der Waals surface area contributed by atoms with Crippen LogP contribution in [0.1, 0.15) is 5.56 Å². The van der Waals surface area contributed by atoms with Gasteiger partial charge in [0, 0.05) is 6.08 Å². The van der Waals surface area contributed by atoms with Crippen molar-refractivity contribution >= 4 is 58.2 Å². The Labute approximate surface area is 155 Å². The molecule has 1 aromatic carbocycles. The fraction of sp³-hybridized carbons (Fsp3) is 0.143. The number of carbonyl (C=O) groups is 2. The highest BCUT2D eigenvalue weighted by atomic mass is 35.5. The van der Waals surface area contributed by atoms with Gasteiger partial charge in [0.2, 0.25) is 0 Å². The summed E-state index contributed by atoms with van der Waals surface area (Å²) in [6, 6.07) is 1.31. The van der Waals surface area contributed by atoms with Crippen LogP contribution in [0.2, 0.25) is 10.0 Å². The molecule has 0 spiro atoms. The van der Waals surface area contributed by atoms with E-state index in [0.717, 1.165) is 24.1 Å². The van der Waals surface area contributed by atoms with Gasteiger partial charge in [-0.3, -0.25) is 10.1 Å². The molecule has 0 atom stereocenters. The Morgan fingerprint density at radius 1 is 1.36 bits per heavy atom. The van der Waals surface area contributed by atoms with Gasteiger partial charge in [-0.2, -0.15) is 5.10 Å². The van der Waals surface area contributed by atoms with E-state index in [-0.39, 0.29) is 31.4 Å². The molecule has 0 unspecified atom stereocenters. The molecule has 0 saturated carbocycles. The number of nitrogens with one attached hydrogen (secondary N) is 1. The molecule has 1 amide bonds. The van der Waals surface area contributed by atoms with Gasteiger partial charge in [-0.1, -0.05) is 23.2 Å². The molecule has 1 aromatic rings. The van der Waals surface area contributed by atoms with E-state index in [1.54, 1.807) is 0 Å². The van der Waals surface area contributed by atoms with E-state index in [1.807, 2.05) is 0 Å². The van der Waals surface area contributed by atoms with E-state index in [9.17, 15) is 14.0 Å². The predicted molar refractivity (Wildman–Crippen MR) is 93.8 cm³/mol. The van der Waals surface area contributed by atoms with Crippen LogP contribution in [0.25, 0.3) is 0 Å². The summed E-state index contributed by atoms with van der Waals surface area (Å²) in [6.45, 7) is 0. The minimum Gasteiger partial charge on any atom is -0.492 e. The van der Waals surface area contributed by atoms with Crippen LogP contribution in [0.4, 0.5) is 4.39 Å². The van der Waals surface area contributed by atoms with Gasteiger partial charge >= 0.3 is 5.97 Å². The Kier molecular flexibility index (Phi) is 6.40. The summed E-state index contributed by atoms with van der Waals surface area (Å²) in [7, 11) is 2.45. The number of ether oxygens (including phenoxy) is 2. The maximum absolute atomic E-state index is 14.2. The van der Waals surface area contributed by atoms with Gasteiger partial charge in [-0.15, -0.1) is 5.10 Å². The summed E-state index contributed by atoms with van der Waals surface area (Å²) in [4.78, 5) is 22.9. The van der Waals surface area contributed by atoms with Crippen molar-refractivity contribution in [3.63, 3.8) is 0 Å². The first-order valence-electron chi connectivity index (χ1n) is 6.48. The normalized spacial score (nSPS) is 17.4. The van der Waals surface area contributed by atoms with Crippen molar-refractivity contribution < 1.29 is 23.5 Å². The molecule has 2 rings (SSSR count). The highest BCUT2D eigenvalue weighted by molar-refractivity contribution is 8.18. The number of methoxy groups -OCH3 is 2. The summed E-state index contributed by atoms with van der Waals surface area (Å²) in [5, 5.41) is 9.95. The zero-order valence-corrected chi connectivity index (χ0v) is 15.1. The van der Waals surface area contributed by atoms with Crippen LogP contribution in [0.5, 0.6) is 5.75 Å². The van der Waals surface area contributed by atoms with Crippen molar-refractivity contribution in [1.82, 2.24) is 5.32 Å². The van der Waals surface area contributed by atoms with Crippen LogP contribution < -0.4 is 10.1 Å². The van der Waals surface area contributed by atoms with Crippen molar-refractivity contribution in [2.45, 2.75) is 0 Å². The Morgan fingerprint density at radius 3 is 2.72 bits per heavy atom. The minimum absolute atomic E-state index is 0.0154. The Morgan fingerprint density at radius 2 is 2.08 bits per heavy atom. The smallest absolute Gasteiger partial charge is 0.331 e. The lowest BCUT2D eigenvalue weighted by Gasteiger charge is -2.07. The van der Waals surface area contributed by atoms with Crippen molar-refractivity contribution in [3.05, 3.63) is 38.5 Å². The first-order valence-corrected chi connectivity index (χ1v) is 8.06. The summed E-state index contributed by atoms with van der Waals surface area (Å²) in [5.41, 5.74) is -0.0769. The molecule has 11 heteroatoms. The monoisotopic (exact) mass is 405 g/mol. The number of benzene rings is 1. The van der Waals surface area contributed by atoms with Gasteiger partial charge in [-0.05, 0) is 17.8 Å². The van der Waals surface area contributed by atoms with E-state index in [1.165, 1.54) is 20.3 Å². The number of hydrogen-bond donors (Lipinski definition) is 1. The lowest BCUT2D eigenvalue weighted by Crippen LogP contribution is -2.19. The van der Waals surface area contributed by atoms with Gasteiger partial charge in [0.15, 0.2) is 16.7 Å². The number of thioether (sulfide) groups is 1. The molecule has 1 heterocycles. The van der Waals surface area contributed by atoms with E-state index in [4.69, 9.17) is 27.9 Å². The average Bonchev–Trinajstić information content (AvgIpc) is 2.90. The van der Waals surface area contributed by atoms with Crippen LogP contribution in [-0.4, -0.2) is 37.5 Å². The second-order valence-corrected chi connectivity index (χ2v) is 6.18. The van der Waals surface area contributed by atoms with Gasteiger partial charge in [-0.25, -0.2) is 9.18 Å². The van der Waals surface area contributed by atoms with Crippen molar-refractivity contribution in [1.29, 1.82) is 0 Å². The Bertz CT molecular complexity index is 827. The largest absolute Gasteiger partial charge is 0.492 e. The molecular formula is C14H10Cl2FN3O4S. The number of halogens is 3. The average molecular weight is 406 g/mol. The van der Waals surface area contributed by atoms with Gasteiger partial charge in [0.05, 0.1) is 40.9 Å². The van der Waals surface area contributed by atoms with Crippen molar-refractivity contribution in [2.75, 3.05) is 14.2 Å². The molecule has 25 heavy (non-hydrogen) atoms. The molecular weight excluding hydrogens is 396 g/mol. The quantitative estimate of drug-likeness (QED) is 0.360. The maximum Gasteiger partial charge on any atom is 0.331 e. The number of hydrogen-bond acceptors (Lipinski definition) is 7. The molecule has 1 aliphatic heterocycles. The fourth-order valence-electron chi connectivity index (χ4n) is 1.67. The highest BCUT2D eigenvalue weighted by Gasteiger charge is 2.25. The predicted octanol–water partition coefficient (Wildman–Crippen LogP) is 2.75. The third kappa shape index (κ3) is 4.50. The van der Waals surface area contributed by atoms with E-state index < -0.39 is 17.7 Å². The molecule has 0 aromatic heterocycles. The van der Waals surface area contributed by atoms with E-state index in [2.05, 4.69) is 20.3 Å². The third-order valence-electron chi connectivity index (χ3n) is 2.80. The second-order valence-electron chi connectivity index (χ2n) is 4.34. The van der Waals surface area contributed by atoms with Crippen LogP contribution >= 0.6 is 35.0 Å². The van der Waals surface area contributed by atoms with Crippen LogP contribution in [0.3, 0.4) is 0 Å². The molecule has 1 saturated heterocycles. The Hall–Kier alpha value is -2.10. The standard InChI is InChI=1S/C14H10Cl2FN3O4S/c1-23-10(21)4-9-13(22)19-14(25-9)20-18-5-6-7(15)3-8(16)12(24-2)11(6)17/h3-5H,1-2H3,(H,19,20,22)/b9-4+,18-5?. The molecule has 1 fully saturated rings. The lowest BCUT2D eigenvalue weighted by molar-refractivity contribution is -0.135. The zero-order chi connectivity index (χ0) is 18.6. The fourth-order valence-corrected chi connectivity index (χ4v) is 2.98. The minimum atomic E-state index is -0.793.